The van der Waals surface area contributed by atoms with E-state index >= 15 is 0 Å². The lowest BCUT2D eigenvalue weighted by Crippen LogP contribution is -2.27. The van der Waals surface area contributed by atoms with Crippen LogP contribution in [0.25, 0.3) is 0 Å². The van der Waals surface area contributed by atoms with E-state index in [1.165, 1.54) is 12.1 Å². The lowest BCUT2D eigenvalue weighted by atomic mass is 10.1. The molecule has 1 amide bonds. The Kier molecular flexibility index (Phi) is 4.35. The summed E-state index contributed by atoms with van der Waals surface area (Å²) in [5, 5.41) is 0. The molecule has 4 heteroatoms. The first kappa shape index (κ1) is 14.1. The summed E-state index contributed by atoms with van der Waals surface area (Å²) >= 11 is 0. The Morgan fingerprint density at radius 3 is 2.50 bits per heavy atom. The van der Waals surface area contributed by atoms with E-state index in [0.29, 0.717) is 17.8 Å². The van der Waals surface area contributed by atoms with E-state index in [4.69, 9.17) is 5.73 Å². The van der Waals surface area contributed by atoms with Crippen molar-refractivity contribution >= 4 is 11.6 Å². The maximum Gasteiger partial charge on any atom is 0.227 e. The van der Waals surface area contributed by atoms with E-state index in [2.05, 4.69) is 0 Å². The van der Waals surface area contributed by atoms with E-state index in [9.17, 15) is 9.18 Å². The average Bonchev–Trinajstić information content (AvgIpc) is 2.41. The first-order chi connectivity index (χ1) is 9.54. The van der Waals surface area contributed by atoms with E-state index in [0.717, 1.165) is 5.56 Å². The van der Waals surface area contributed by atoms with Gasteiger partial charge in [0.15, 0.2) is 0 Å². The van der Waals surface area contributed by atoms with Crippen molar-refractivity contribution < 1.29 is 9.18 Å². The summed E-state index contributed by atoms with van der Waals surface area (Å²) in [6, 6.07) is 13.5. The van der Waals surface area contributed by atoms with Gasteiger partial charge in [-0.15, -0.1) is 0 Å². The van der Waals surface area contributed by atoms with Gasteiger partial charge in [0.25, 0.3) is 0 Å². The lowest BCUT2D eigenvalue weighted by Gasteiger charge is -2.17. The van der Waals surface area contributed by atoms with E-state index in [1.54, 1.807) is 36.2 Å². The standard InChI is InChI=1S/C16H17FN2O/c1-19(11-12-5-7-15(18)8-6-12)16(20)10-13-3-2-4-14(17)9-13/h2-9H,10-11,18H2,1H3. The zero-order valence-electron chi connectivity index (χ0n) is 11.3. The topological polar surface area (TPSA) is 46.3 Å². The molecule has 0 bridgehead atoms. The van der Waals surface area contributed by atoms with Crippen molar-refractivity contribution in [3.8, 4) is 0 Å². The molecule has 0 saturated heterocycles. The van der Waals surface area contributed by atoms with Gasteiger partial charge in [0, 0.05) is 19.3 Å². The minimum atomic E-state index is -0.323. The quantitative estimate of drug-likeness (QED) is 0.870. The highest BCUT2D eigenvalue weighted by Crippen LogP contribution is 2.10. The SMILES string of the molecule is CN(Cc1ccc(N)cc1)C(=O)Cc1cccc(F)c1. The van der Waals surface area contributed by atoms with Gasteiger partial charge in [0.05, 0.1) is 6.42 Å². The molecule has 0 radical (unpaired) electrons. The van der Waals surface area contributed by atoms with Crippen LogP contribution >= 0.6 is 0 Å². The molecule has 2 N–H and O–H groups in total. The maximum absolute atomic E-state index is 13.1. The summed E-state index contributed by atoms with van der Waals surface area (Å²) in [6.07, 6.45) is 0.198. The monoisotopic (exact) mass is 272 g/mol. The third kappa shape index (κ3) is 3.82. The summed E-state index contributed by atoms with van der Waals surface area (Å²) in [5.74, 6) is -0.371. The second kappa shape index (κ2) is 6.19. The molecular formula is C16H17FN2O. The highest BCUT2D eigenvalue weighted by molar-refractivity contribution is 5.78. The van der Waals surface area contributed by atoms with Crippen LogP contribution in [0, 0.1) is 5.82 Å². The number of halogens is 1. The molecule has 20 heavy (non-hydrogen) atoms. The smallest absolute Gasteiger partial charge is 0.227 e. The molecule has 0 fully saturated rings. The van der Waals surface area contributed by atoms with Crippen molar-refractivity contribution in [2.24, 2.45) is 0 Å². The molecule has 0 aliphatic heterocycles. The van der Waals surface area contributed by atoms with E-state index in [1.807, 2.05) is 12.1 Å². The van der Waals surface area contributed by atoms with Crippen molar-refractivity contribution in [3.05, 3.63) is 65.5 Å². The minimum Gasteiger partial charge on any atom is -0.399 e. The molecular weight excluding hydrogens is 255 g/mol. The molecule has 0 aliphatic rings. The first-order valence-corrected chi connectivity index (χ1v) is 6.37. The van der Waals surface area contributed by atoms with E-state index in [-0.39, 0.29) is 18.1 Å². The molecule has 0 spiro atoms. The summed E-state index contributed by atoms with van der Waals surface area (Å²) in [5.41, 5.74) is 8.00. The van der Waals surface area contributed by atoms with Crippen LogP contribution in [0.3, 0.4) is 0 Å². The Morgan fingerprint density at radius 2 is 1.85 bits per heavy atom. The molecule has 0 heterocycles. The van der Waals surface area contributed by atoms with Crippen molar-refractivity contribution in [2.75, 3.05) is 12.8 Å². The minimum absolute atomic E-state index is 0.0487. The molecule has 0 aliphatic carbocycles. The maximum atomic E-state index is 13.1. The zero-order chi connectivity index (χ0) is 14.5. The normalized spacial score (nSPS) is 10.3. The van der Waals surface area contributed by atoms with Gasteiger partial charge in [-0.3, -0.25) is 4.79 Å². The number of amides is 1. The van der Waals surface area contributed by atoms with Crippen LogP contribution in [0.15, 0.2) is 48.5 Å². The Morgan fingerprint density at radius 1 is 1.15 bits per heavy atom. The van der Waals surface area contributed by atoms with Crippen molar-refractivity contribution in [1.82, 2.24) is 4.90 Å². The molecule has 2 aromatic rings. The molecule has 0 aromatic heterocycles. The number of hydrogen-bond donors (Lipinski definition) is 1. The summed E-state index contributed by atoms with van der Waals surface area (Å²) in [6.45, 7) is 0.508. The van der Waals surface area contributed by atoms with Crippen LogP contribution in [0.1, 0.15) is 11.1 Å². The number of hydrogen-bond acceptors (Lipinski definition) is 2. The summed E-state index contributed by atoms with van der Waals surface area (Å²) in [4.78, 5) is 13.7. The Labute approximate surface area is 117 Å². The summed E-state index contributed by atoms with van der Waals surface area (Å²) in [7, 11) is 1.73. The largest absolute Gasteiger partial charge is 0.399 e. The van der Waals surface area contributed by atoms with Crippen LogP contribution in [0.2, 0.25) is 0 Å². The van der Waals surface area contributed by atoms with Crippen molar-refractivity contribution in [3.63, 3.8) is 0 Å². The fraction of sp³-hybridized carbons (Fsp3) is 0.188. The van der Waals surface area contributed by atoms with Crippen molar-refractivity contribution in [1.29, 1.82) is 0 Å². The number of likely N-dealkylation sites (N-methyl/N-ethyl adjacent to an activating group) is 1. The number of rotatable bonds is 4. The second-order valence-corrected chi connectivity index (χ2v) is 4.80. The predicted octanol–water partition coefficient (Wildman–Crippen LogP) is 2.61. The molecule has 104 valence electrons. The fourth-order valence-corrected chi connectivity index (χ4v) is 1.94. The van der Waals surface area contributed by atoms with E-state index < -0.39 is 0 Å². The Balaban J connectivity index is 1.96. The average molecular weight is 272 g/mol. The number of anilines is 1. The first-order valence-electron chi connectivity index (χ1n) is 6.37. The van der Waals surface area contributed by atoms with Gasteiger partial charge in [-0.1, -0.05) is 24.3 Å². The van der Waals surface area contributed by atoms with Gasteiger partial charge in [-0.05, 0) is 35.4 Å². The fourth-order valence-electron chi connectivity index (χ4n) is 1.94. The van der Waals surface area contributed by atoms with Gasteiger partial charge in [0.1, 0.15) is 5.82 Å². The van der Waals surface area contributed by atoms with Gasteiger partial charge in [-0.25, -0.2) is 4.39 Å². The van der Waals surface area contributed by atoms with Crippen LogP contribution in [0.5, 0.6) is 0 Å². The number of benzene rings is 2. The second-order valence-electron chi connectivity index (χ2n) is 4.80. The van der Waals surface area contributed by atoms with Gasteiger partial charge < -0.3 is 10.6 Å². The van der Waals surface area contributed by atoms with Crippen LogP contribution in [-0.4, -0.2) is 17.9 Å². The zero-order valence-corrected chi connectivity index (χ0v) is 11.3. The van der Waals surface area contributed by atoms with Crippen LogP contribution < -0.4 is 5.73 Å². The van der Waals surface area contributed by atoms with Gasteiger partial charge in [-0.2, -0.15) is 0 Å². The Hall–Kier alpha value is -2.36. The highest BCUT2D eigenvalue weighted by Gasteiger charge is 2.10. The third-order valence-corrected chi connectivity index (χ3v) is 3.07. The van der Waals surface area contributed by atoms with Crippen LogP contribution in [0.4, 0.5) is 10.1 Å². The van der Waals surface area contributed by atoms with Gasteiger partial charge >= 0.3 is 0 Å². The molecule has 0 saturated carbocycles. The predicted molar refractivity (Wildman–Crippen MR) is 77.4 cm³/mol. The molecule has 0 unspecified atom stereocenters. The summed E-state index contributed by atoms with van der Waals surface area (Å²) < 4.78 is 13.1. The number of nitrogens with zero attached hydrogens (tertiary/aromatic N) is 1. The van der Waals surface area contributed by atoms with Gasteiger partial charge in [0.2, 0.25) is 5.91 Å². The lowest BCUT2D eigenvalue weighted by molar-refractivity contribution is -0.129. The number of nitrogen functional groups attached to an aromatic ring is 1. The van der Waals surface area contributed by atoms with Crippen molar-refractivity contribution in [2.45, 2.75) is 13.0 Å². The number of carbonyl (C=O) groups is 1. The molecule has 0 atom stereocenters. The molecule has 2 rings (SSSR count). The molecule has 3 nitrogen and oxygen atoms in total. The highest BCUT2D eigenvalue weighted by atomic mass is 19.1. The molecule has 2 aromatic carbocycles. The number of carbonyl (C=O) groups excluding carboxylic acids is 1. The Bertz CT molecular complexity index is 596. The number of nitrogens with two attached hydrogens (primary N) is 1. The van der Waals surface area contributed by atoms with Crippen LogP contribution in [-0.2, 0) is 17.8 Å². The third-order valence-electron chi connectivity index (χ3n) is 3.07.